The van der Waals surface area contributed by atoms with Crippen LogP contribution in [0.1, 0.15) is 46.0 Å². The maximum absolute atomic E-state index is 11.2. The highest BCUT2D eigenvalue weighted by atomic mass is 16.1. The summed E-state index contributed by atoms with van der Waals surface area (Å²) in [5, 5.41) is 3.42. The van der Waals surface area contributed by atoms with Crippen LogP contribution in [0.5, 0.6) is 0 Å². The fourth-order valence-electron chi connectivity index (χ4n) is 2.03. The van der Waals surface area contributed by atoms with Crippen LogP contribution in [0.15, 0.2) is 11.3 Å². The van der Waals surface area contributed by atoms with Crippen molar-refractivity contribution in [3.05, 3.63) is 11.3 Å². The number of carbonyl (C=O) groups is 1. The Bertz CT molecular complexity index is 252. The lowest BCUT2D eigenvalue weighted by atomic mass is 9.95. The Morgan fingerprint density at radius 3 is 2.33 bits per heavy atom. The van der Waals surface area contributed by atoms with Crippen molar-refractivity contribution < 1.29 is 4.79 Å². The lowest BCUT2D eigenvalue weighted by Gasteiger charge is -2.25. The van der Waals surface area contributed by atoms with Gasteiger partial charge in [-0.15, -0.1) is 0 Å². The molecule has 3 nitrogen and oxygen atoms in total. The van der Waals surface area contributed by atoms with Gasteiger partial charge in [-0.3, -0.25) is 4.79 Å². The fourth-order valence-corrected chi connectivity index (χ4v) is 2.03. The van der Waals surface area contributed by atoms with Crippen molar-refractivity contribution in [1.82, 2.24) is 5.32 Å². The maximum atomic E-state index is 11.2. The summed E-state index contributed by atoms with van der Waals surface area (Å²) in [6, 6.07) is 0.520. The first kappa shape index (κ1) is 12.2. The van der Waals surface area contributed by atoms with Crippen LogP contribution in [0.2, 0.25) is 0 Å². The van der Waals surface area contributed by atoms with E-state index in [1.165, 1.54) is 32.1 Å². The van der Waals surface area contributed by atoms with Gasteiger partial charge >= 0.3 is 0 Å². The van der Waals surface area contributed by atoms with E-state index >= 15 is 0 Å². The van der Waals surface area contributed by atoms with Crippen LogP contribution >= 0.6 is 0 Å². The highest BCUT2D eigenvalue weighted by molar-refractivity contribution is 5.93. The third-order valence-electron chi connectivity index (χ3n) is 3.17. The molecule has 0 heterocycles. The summed E-state index contributed by atoms with van der Waals surface area (Å²) in [5.74, 6) is 0.110. The molecule has 86 valence electrons. The molecule has 3 N–H and O–H groups in total. The summed E-state index contributed by atoms with van der Waals surface area (Å²) in [4.78, 5) is 11.2. The van der Waals surface area contributed by atoms with Crippen LogP contribution in [0, 0.1) is 0 Å². The normalized spacial score (nSPS) is 19.7. The van der Waals surface area contributed by atoms with Gasteiger partial charge in [-0.1, -0.05) is 19.3 Å². The minimum absolute atomic E-state index is 0.110. The van der Waals surface area contributed by atoms with Crippen LogP contribution in [-0.4, -0.2) is 18.4 Å². The highest BCUT2D eigenvalue weighted by Crippen LogP contribution is 2.18. The molecule has 3 heteroatoms. The van der Waals surface area contributed by atoms with E-state index in [0.29, 0.717) is 12.6 Å². The molecule has 0 radical (unpaired) electrons. The lowest BCUT2D eigenvalue weighted by Crippen LogP contribution is -2.34. The van der Waals surface area contributed by atoms with Crippen LogP contribution < -0.4 is 11.1 Å². The van der Waals surface area contributed by atoms with Crippen LogP contribution in [0.3, 0.4) is 0 Å². The number of Topliss-reactive ketones (excluding diaryl/α,β-unsaturated/α-hetero) is 1. The predicted octanol–water partition coefficient (Wildman–Crippen LogP) is 1.73. The number of nitrogens with one attached hydrogen (secondary N) is 1. The molecule has 0 aromatic carbocycles. The molecule has 0 spiro atoms. The molecular formula is C12H22N2O. The van der Waals surface area contributed by atoms with Gasteiger partial charge in [-0.2, -0.15) is 0 Å². The molecule has 1 fully saturated rings. The van der Waals surface area contributed by atoms with Gasteiger partial charge in [0.25, 0.3) is 0 Å². The number of ketones is 1. The van der Waals surface area contributed by atoms with Gasteiger partial charge in [0.05, 0.1) is 0 Å². The van der Waals surface area contributed by atoms with Gasteiger partial charge in [-0.25, -0.2) is 0 Å². The molecular weight excluding hydrogens is 188 g/mol. The zero-order chi connectivity index (χ0) is 11.3. The first-order valence-corrected chi connectivity index (χ1v) is 5.82. The quantitative estimate of drug-likeness (QED) is 0.695. The van der Waals surface area contributed by atoms with Crippen LogP contribution in [0.25, 0.3) is 0 Å². The first-order chi connectivity index (χ1) is 7.15. The van der Waals surface area contributed by atoms with Crippen molar-refractivity contribution in [3.63, 3.8) is 0 Å². The zero-order valence-corrected chi connectivity index (χ0v) is 9.81. The Kier molecular flexibility index (Phi) is 4.82. The van der Waals surface area contributed by atoms with E-state index in [1.54, 1.807) is 6.92 Å². The topological polar surface area (TPSA) is 55.1 Å². The summed E-state index contributed by atoms with van der Waals surface area (Å²) in [6.45, 7) is 3.87. The number of nitrogens with two attached hydrogens (primary N) is 1. The first-order valence-electron chi connectivity index (χ1n) is 5.82. The minimum atomic E-state index is 0.110. The number of rotatable bonds is 4. The van der Waals surface area contributed by atoms with Gasteiger partial charge in [-0.05, 0) is 26.7 Å². The highest BCUT2D eigenvalue weighted by Gasteiger charge is 2.15. The number of hydrogen-bond acceptors (Lipinski definition) is 3. The van der Waals surface area contributed by atoms with Gasteiger partial charge in [0, 0.05) is 23.9 Å². The smallest absolute Gasteiger partial charge is 0.157 e. The molecule has 1 rings (SSSR count). The minimum Gasteiger partial charge on any atom is -0.384 e. The Morgan fingerprint density at radius 1 is 1.27 bits per heavy atom. The predicted molar refractivity (Wildman–Crippen MR) is 62.4 cm³/mol. The van der Waals surface area contributed by atoms with Gasteiger partial charge in [0.1, 0.15) is 0 Å². The van der Waals surface area contributed by atoms with Gasteiger partial charge in [0.2, 0.25) is 0 Å². The molecule has 0 aromatic heterocycles. The standard InChI is InChI=1S/C12H22N2O/c1-9(10(2)15)12(8-13)14-11-6-4-3-5-7-11/h11,14H,3-8,13H2,1-2H3/b12-9+. The zero-order valence-electron chi connectivity index (χ0n) is 9.81. The summed E-state index contributed by atoms with van der Waals surface area (Å²) >= 11 is 0. The number of allylic oxidation sites excluding steroid dienone is 1. The molecule has 0 atom stereocenters. The third-order valence-corrected chi connectivity index (χ3v) is 3.17. The van der Waals surface area contributed by atoms with Crippen molar-refractivity contribution in [3.8, 4) is 0 Å². The molecule has 1 aliphatic rings. The Labute approximate surface area is 92.1 Å². The summed E-state index contributed by atoms with van der Waals surface area (Å²) in [5.41, 5.74) is 7.36. The maximum Gasteiger partial charge on any atom is 0.157 e. The van der Waals surface area contributed by atoms with E-state index in [-0.39, 0.29) is 5.78 Å². The summed E-state index contributed by atoms with van der Waals surface area (Å²) < 4.78 is 0. The molecule has 0 aliphatic heterocycles. The molecule has 0 aromatic rings. The average Bonchev–Trinajstić information content (AvgIpc) is 2.26. The summed E-state index contributed by atoms with van der Waals surface area (Å²) in [6.07, 6.45) is 6.32. The van der Waals surface area contributed by atoms with Crippen molar-refractivity contribution in [2.75, 3.05) is 6.54 Å². The van der Waals surface area contributed by atoms with E-state index in [1.807, 2.05) is 6.92 Å². The van der Waals surface area contributed by atoms with Gasteiger partial charge < -0.3 is 11.1 Å². The molecule has 0 unspecified atom stereocenters. The van der Waals surface area contributed by atoms with Crippen molar-refractivity contribution in [2.24, 2.45) is 5.73 Å². The van der Waals surface area contributed by atoms with E-state index < -0.39 is 0 Å². The van der Waals surface area contributed by atoms with E-state index in [4.69, 9.17) is 5.73 Å². The third kappa shape index (κ3) is 3.67. The van der Waals surface area contributed by atoms with E-state index in [9.17, 15) is 4.79 Å². The van der Waals surface area contributed by atoms with Crippen LogP contribution in [0.4, 0.5) is 0 Å². The molecule has 15 heavy (non-hydrogen) atoms. The average molecular weight is 210 g/mol. The molecule has 0 saturated heterocycles. The van der Waals surface area contributed by atoms with Crippen molar-refractivity contribution >= 4 is 5.78 Å². The van der Waals surface area contributed by atoms with Gasteiger partial charge in [0.15, 0.2) is 5.78 Å². The van der Waals surface area contributed by atoms with E-state index in [2.05, 4.69) is 5.32 Å². The second-order valence-corrected chi connectivity index (χ2v) is 4.34. The van der Waals surface area contributed by atoms with Crippen molar-refractivity contribution in [2.45, 2.75) is 52.0 Å². The SMILES string of the molecule is CC(=O)/C(C)=C(\CN)NC1CCCCC1. The Balaban J connectivity index is 2.59. The monoisotopic (exact) mass is 210 g/mol. The number of hydrogen-bond donors (Lipinski definition) is 2. The molecule has 1 aliphatic carbocycles. The van der Waals surface area contributed by atoms with Crippen molar-refractivity contribution in [1.29, 1.82) is 0 Å². The lowest BCUT2D eigenvalue weighted by molar-refractivity contribution is -0.113. The van der Waals surface area contributed by atoms with Crippen LogP contribution in [-0.2, 0) is 4.79 Å². The fraction of sp³-hybridized carbons (Fsp3) is 0.750. The second kappa shape index (κ2) is 5.91. The Morgan fingerprint density at radius 2 is 1.87 bits per heavy atom. The Hall–Kier alpha value is -0.830. The second-order valence-electron chi connectivity index (χ2n) is 4.34. The molecule has 0 amide bonds. The molecule has 0 bridgehead atoms. The largest absolute Gasteiger partial charge is 0.384 e. The molecule has 1 saturated carbocycles. The summed E-state index contributed by atoms with van der Waals surface area (Å²) in [7, 11) is 0. The number of carbonyl (C=O) groups excluding carboxylic acids is 1. The van der Waals surface area contributed by atoms with E-state index in [0.717, 1.165) is 11.3 Å².